The summed E-state index contributed by atoms with van der Waals surface area (Å²) >= 11 is 11.7. The monoisotopic (exact) mass is 388 g/mol. The molecular formula is C19H21ClN4OS. The SMILES string of the molecule is CN1CCN(c2ccc(NC(=S)NC(=O)c3ccccc3)cc2Cl)CC1. The van der Waals surface area contributed by atoms with E-state index >= 15 is 0 Å². The highest BCUT2D eigenvalue weighted by Gasteiger charge is 2.17. The van der Waals surface area contributed by atoms with Crippen molar-refractivity contribution < 1.29 is 4.79 Å². The number of amides is 1. The molecule has 0 aromatic heterocycles. The van der Waals surface area contributed by atoms with Crippen molar-refractivity contribution in [1.29, 1.82) is 0 Å². The van der Waals surface area contributed by atoms with Gasteiger partial charge in [0.1, 0.15) is 0 Å². The first kappa shape index (κ1) is 18.6. The highest BCUT2D eigenvalue weighted by atomic mass is 35.5. The maximum atomic E-state index is 12.1. The Morgan fingerprint density at radius 2 is 1.77 bits per heavy atom. The van der Waals surface area contributed by atoms with Gasteiger partial charge in [-0.15, -0.1) is 0 Å². The number of anilines is 2. The Bertz CT molecular complexity index is 791. The van der Waals surface area contributed by atoms with E-state index < -0.39 is 0 Å². The first-order valence-electron chi connectivity index (χ1n) is 8.43. The molecule has 3 rings (SSSR count). The second-order valence-corrected chi connectivity index (χ2v) is 7.05. The summed E-state index contributed by atoms with van der Waals surface area (Å²) in [6.45, 7) is 3.95. The number of hydrogen-bond donors (Lipinski definition) is 2. The first-order valence-corrected chi connectivity index (χ1v) is 9.22. The smallest absolute Gasteiger partial charge is 0.257 e. The summed E-state index contributed by atoms with van der Waals surface area (Å²) in [5.74, 6) is -0.247. The average Bonchev–Trinajstić information content (AvgIpc) is 2.63. The molecule has 7 heteroatoms. The third kappa shape index (κ3) is 4.72. The lowest BCUT2D eigenvalue weighted by atomic mass is 10.2. The van der Waals surface area contributed by atoms with Gasteiger partial charge in [-0.2, -0.15) is 0 Å². The van der Waals surface area contributed by atoms with Crippen LogP contribution in [0.2, 0.25) is 5.02 Å². The molecule has 0 bridgehead atoms. The van der Waals surface area contributed by atoms with E-state index in [4.69, 9.17) is 23.8 Å². The number of rotatable bonds is 3. The van der Waals surface area contributed by atoms with Crippen molar-refractivity contribution in [2.24, 2.45) is 0 Å². The predicted molar refractivity (Wildman–Crippen MR) is 111 cm³/mol. The standard InChI is InChI=1S/C19H21ClN4OS/c1-23-9-11-24(12-10-23)17-8-7-15(13-16(17)20)21-19(26)22-18(25)14-5-3-2-4-6-14/h2-8,13H,9-12H2,1H3,(H2,21,22,25,26). The van der Waals surface area contributed by atoms with Gasteiger partial charge in [0, 0.05) is 37.4 Å². The van der Waals surface area contributed by atoms with E-state index in [-0.39, 0.29) is 11.0 Å². The summed E-state index contributed by atoms with van der Waals surface area (Å²) in [4.78, 5) is 16.7. The minimum atomic E-state index is -0.247. The molecule has 1 saturated heterocycles. The molecule has 0 radical (unpaired) electrons. The van der Waals surface area contributed by atoms with Crippen LogP contribution in [0.5, 0.6) is 0 Å². The third-order valence-corrected chi connectivity index (χ3v) is 4.82. The summed E-state index contributed by atoms with van der Waals surface area (Å²) in [7, 11) is 2.12. The number of carbonyl (C=O) groups is 1. The number of nitrogens with one attached hydrogen (secondary N) is 2. The van der Waals surface area contributed by atoms with Crippen LogP contribution in [0.1, 0.15) is 10.4 Å². The molecule has 1 aliphatic heterocycles. The Morgan fingerprint density at radius 3 is 2.42 bits per heavy atom. The summed E-state index contributed by atoms with van der Waals surface area (Å²) in [5, 5.41) is 6.58. The molecular weight excluding hydrogens is 368 g/mol. The lowest BCUT2D eigenvalue weighted by Gasteiger charge is -2.34. The van der Waals surface area contributed by atoms with Gasteiger partial charge in [0.15, 0.2) is 5.11 Å². The zero-order valence-corrected chi connectivity index (χ0v) is 16.1. The van der Waals surface area contributed by atoms with Crippen LogP contribution in [0.15, 0.2) is 48.5 Å². The minimum Gasteiger partial charge on any atom is -0.368 e. The van der Waals surface area contributed by atoms with Gasteiger partial charge in [-0.3, -0.25) is 10.1 Å². The van der Waals surface area contributed by atoms with Crippen molar-refractivity contribution in [2.75, 3.05) is 43.4 Å². The number of piperazine rings is 1. The van der Waals surface area contributed by atoms with Crippen LogP contribution in [0.25, 0.3) is 0 Å². The van der Waals surface area contributed by atoms with Gasteiger partial charge in [-0.25, -0.2) is 0 Å². The van der Waals surface area contributed by atoms with Gasteiger partial charge >= 0.3 is 0 Å². The van der Waals surface area contributed by atoms with Crippen LogP contribution in [0.3, 0.4) is 0 Å². The highest BCUT2D eigenvalue weighted by molar-refractivity contribution is 7.80. The zero-order chi connectivity index (χ0) is 18.5. The molecule has 136 valence electrons. The Morgan fingerprint density at radius 1 is 1.08 bits per heavy atom. The molecule has 1 amide bonds. The molecule has 0 saturated carbocycles. The lowest BCUT2D eigenvalue weighted by molar-refractivity contribution is 0.0977. The molecule has 1 aliphatic rings. The summed E-state index contributed by atoms with van der Waals surface area (Å²) in [5.41, 5.74) is 2.32. The number of nitrogens with zero attached hydrogens (tertiary/aromatic N) is 2. The Balaban J connectivity index is 1.60. The molecule has 2 aromatic rings. The second kappa shape index (κ2) is 8.49. The van der Waals surface area contributed by atoms with E-state index in [1.165, 1.54) is 0 Å². The van der Waals surface area contributed by atoms with E-state index in [2.05, 4.69) is 27.5 Å². The molecule has 5 nitrogen and oxygen atoms in total. The number of thiocarbonyl (C=S) groups is 1. The van der Waals surface area contributed by atoms with Gasteiger partial charge in [0.25, 0.3) is 5.91 Å². The van der Waals surface area contributed by atoms with Gasteiger partial charge in [0.2, 0.25) is 0 Å². The van der Waals surface area contributed by atoms with Gasteiger partial charge < -0.3 is 15.1 Å². The van der Waals surface area contributed by atoms with Crippen LogP contribution in [-0.2, 0) is 0 Å². The first-order chi connectivity index (χ1) is 12.5. The molecule has 0 aliphatic carbocycles. The quantitative estimate of drug-likeness (QED) is 0.790. The number of hydrogen-bond acceptors (Lipinski definition) is 4. The lowest BCUT2D eigenvalue weighted by Crippen LogP contribution is -2.44. The van der Waals surface area contributed by atoms with Crippen LogP contribution in [0, 0.1) is 0 Å². The van der Waals surface area contributed by atoms with Crippen LogP contribution < -0.4 is 15.5 Å². The Hall–Kier alpha value is -2.15. The number of likely N-dealkylation sites (N-methyl/N-ethyl adjacent to an activating group) is 1. The molecule has 1 heterocycles. The maximum absolute atomic E-state index is 12.1. The zero-order valence-electron chi connectivity index (χ0n) is 14.5. The predicted octanol–water partition coefficient (Wildman–Crippen LogP) is 3.22. The fourth-order valence-corrected chi connectivity index (χ4v) is 3.33. The van der Waals surface area contributed by atoms with Crippen molar-refractivity contribution in [3.8, 4) is 0 Å². The van der Waals surface area contributed by atoms with E-state index in [1.807, 2.05) is 36.4 Å². The van der Waals surface area contributed by atoms with E-state index in [0.717, 1.165) is 37.6 Å². The van der Waals surface area contributed by atoms with E-state index in [1.54, 1.807) is 12.1 Å². The van der Waals surface area contributed by atoms with Crippen molar-refractivity contribution in [2.45, 2.75) is 0 Å². The largest absolute Gasteiger partial charge is 0.368 e. The van der Waals surface area contributed by atoms with Crippen molar-refractivity contribution in [1.82, 2.24) is 10.2 Å². The van der Waals surface area contributed by atoms with E-state index in [9.17, 15) is 4.79 Å². The van der Waals surface area contributed by atoms with E-state index in [0.29, 0.717) is 10.6 Å². The Kier molecular flexibility index (Phi) is 6.08. The van der Waals surface area contributed by atoms with Crippen molar-refractivity contribution in [3.63, 3.8) is 0 Å². The van der Waals surface area contributed by atoms with Crippen molar-refractivity contribution in [3.05, 3.63) is 59.1 Å². The third-order valence-electron chi connectivity index (χ3n) is 4.31. The minimum absolute atomic E-state index is 0.238. The highest BCUT2D eigenvalue weighted by Crippen LogP contribution is 2.29. The second-order valence-electron chi connectivity index (χ2n) is 6.23. The molecule has 2 aromatic carbocycles. The van der Waals surface area contributed by atoms with Crippen molar-refractivity contribution >= 4 is 46.2 Å². The van der Waals surface area contributed by atoms with Crippen LogP contribution >= 0.6 is 23.8 Å². The summed E-state index contributed by atoms with van der Waals surface area (Å²) < 4.78 is 0. The van der Waals surface area contributed by atoms with Crippen LogP contribution in [-0.4, -0.2) is 49.1 Å². The Labute approximate surface area is 163 Å². The average molecular weight is 389 g/mol. The fraction of sp³-hybridized carbons (Fsp3) is 0.263. The molecule has 2 N–H and O–H groups in total. The normalized spacial score (nSPS) is 14.8. The molecule has 1 fully saturated rings. The maximum Gasteiger partial charge on any atom is 0.257 e. The molecule has 0 unspecified atom stereocenters. The molecule has 0 atom stereocenters. The molecule has 0 spiro atoms. The summed E-state index contributed by atoms with van der Waals surface area (Å²) in [6, 6.07) is 14.7. The van der Waals surface area contributed by atoms with Crippen LogP contribution in [0.4, 0.5) is 11.4 Å². The number of carbonyl (C=O) groups excluding carboxylic acids is 1. The fourth-order valence-electron chi connectivity index (χ4n) is 2.82. The van der Waals surface area contributed by atoms with Gasteiger partial charge in [-0.05, 0) is 49.6 Å². The van der Waals surface area contributed by atoms with Gasteiger partial charge in [-0.1, -0.05) is 29.8 Å². The number of benzene rings is 2. The molecule has 26 heavy (non-hydrogen) atoms. The number of halogens is 1. The topological polar surface area (TPSA) is 47.6 Å². The summed E-state index contributed by atoms with van der Waals surface area (Å²) in [6.07, 6.45) is 0. The van der Waals surface area contributed by atoms with Gasteiger partial charge in [0.05, 0.1) is 10.7 Å².